The molecule has 0 saturated heterocycles. The molecule has 0 saturated carbocycles. The lowest BCUT2D eigenvalue weighted by Crippen LogP contribution is -2.26. The van der Waals surface area contributed by atoms with Crippen molar-refractivity contribution in [3.63, 3.8) is 0 Å². The largest absolute Gasteiger partial charge is 0.491 e. The Bertz CT molecular complexity index is 673. The van der Waals surface area contributed by atoms with E-state index in [1.807, 2.05) is 24.3 Å². The molecule has 0 radical (unpaired) electrons. The third-order valence-electron chi connectivity index (χ3n) is 3.96. The van der Waals surface area contributed by atoms with Crippen LogP contribution in [0.5, 0.6) is 5.75 Å². The van der Waals surface area contributed by atoms with Crippen molar-refractivity contribution in [3.8, 4) is 5.75 Å². The Morgan fingerprint density at radius 3 is 2.77 bits per heavy atom. The van der Waals surface area contributed by atoms with Crippen LogP contribution in [-0.2, 0) is 6.54 Å². The topological polar surface area (TPSA) is 61.8 Å². The average Bonchev–Trinajstić information content (AvgIpc) is 2.72. The Labute approximate surface area is 129 Å². The molecule has 5 heteroatoms. The number of hydrogen-bond acceptors (Lipinski definition) is 4. The lowest BCUT2D eigenvalue weighted by Gasteiger charge is -2.25. The lowest BCUT2D eigenvalue weighted by molar-refractivity contribution is 0.0706. The highest BCUT2D eigenvalue weighted by Crippen LogP contribution is 2.31. The average molecular weight is 298 g/mol. The van der Waals surface area contributed by atoms with E-state index < -0.39 is 5.91 Å². The molecule has 1 aliphatic heterocycles. The van der Waals surface area contributed by atoms with Crippen LogP contribution in [0.3, 0.4) is 0 Å². The summed E-state index contributed by atoms with van der Waals surface area (Å²) < 4.78 is 5.92. The lowest BCUT2D eigenvalue weighted by atomic mass is 10.1. The zero-order valence-corrected chi connectivity index (χ0v) is 12.3. The van der Waals surface area contributed by atoms with E-state index in [1.165, 1.54) is 5.56 Å². The summed E-state index contributed by atoms with van der Waals surface area (Å²) in [4.78, 5) is 13.7. The van der Waals surface area contributed by atoms with E-state index in [1.54, 1.807) is 17.6 Å². The van der Waals surface area contributed by atoms with Crippen molar-refractivity contribution >= 4 is 5.91 Å². The fraction of sp³-hybridized carbons (Fsp3) is 0.235. The van der Waals surface area contributed by atoms with E-state index in [4.69, 9.17) is 9.94 Å². The Balaban J connectivity index is 1.88. The first-order chi connectivity index (χ1) is 10.7. The van der Waals surface area contributed by atoms with Crippen molar-refractivity contribution in [1.29, 1.82) is 0 Å². The number of ether oxygens (including phenoxy) is 1. The van der Waals surface area contributed by atoms with Crippen LogP contribution in [0.1, 0.15) is 27.5 Å². The second-order valence-electron chi connectivity index (χ2n) is 5.42. The molecule has 2 N–H and O–H groups in total. The van der Waals surface area contributed by atoms with Crippen LogP contribution in [0.4, 0.5) is 0 Å². The van der Waals surface area contributed by atoms with Gasteiger partial charge in [-0.3, -0.25) is 14.9 Å². The Morgan fingerprint density at radius 2 is 2.05 bits per heavy atom. The molecule has 114 valence electrons. The summed E-state index contributed by atoms with van der Waals surface area (Å²) >= 11 is 0. The van der Waals surface area contributed by atoms with Crippen LogP contribution in [0.15, 0.2) is 48.5 Å². The molecule has 0 bridgehead atoms. The van der Waals surface area contributed by atoms with Crippen LogP contribution in [0, 0.1) is 0 Å². The second-order valence-corrected chi connectivity index (χ2v) is 5.42. The van der Waals surface area contributed by atoms with Crippen molar-refractivity contribution in [1.82, 2.24) is 10.4 Å². The van der Waals surface area contributed by atoms with Gasteiger partial charge in [0.1, 0.15) is 12.4 Å². The first-order valence-electron chi connectivity index (χ1n) is 7.14. The maximum atomic E-state index is 11.5. The summed E-state index contributed by atoms with van der Waals surface area (Å²) in [7, 11) is 2.06. The highest BCUT2D eigenvalue weighted by molar-refractivity contribution is 5.93. The molecule has 0 fully saturated rings. The molecule has 1 unspecified atom stereocenters. The highest BCUT2D eigenvalue weighted by atomic mass is 16.5. The van der Waals surface area contributed by atoms with Crippen molar-refractivity contribution in [2.45, 2.75) is 12.6 Å². The smallest absolute Gasteiger partial charge is 0.274 e. The minimum Gasteiger partial charge on any atom is -0.491 e. The molecular formula is C17H18N2O3. The molecule has 3 rings (SSSR count). The van der Waals surface area contributed by atoms with Crippen LogP contribution in [-0.4, -0.2) is 29.7 Å². The molecule has 1 atom stereocenters. The summed E-state index contributed by atoms with van der Waals surface area (Å²) in [6.45, 7) is 1.24. The van der Waals surface area contributed by atoms with Crippen molar-refractivity contribution in [2.24, 2.45) is 0 Å². The predicted octanol–water partition coefficient (Wildman–Crippen LogP) is 2.37. The number of likely N-dealkylation sites (N-methyl/N-ethyl adjacent to an activating group) is 1. The molecule has 0 spiro atoms. The summed E-state index contributed by atoms with van der Waals surface area (Å²) in [5, 5.41) is 8.73. The van der Waals surface area contributed by atoms with Crippen molar-refractivity contribution < 1.29 is 14.7 Å². The van der Waals surface area contributed by atoms with Gasteiger partial charge in [-0.1, -0.05) is 36.4 Å². The first kappa shape index (κ1) is 14.6. The molecule has 2 aromatic rings. The van der Waals surface area contributed by atoms with Gasteiger partial charge in [0.25, 0.3) is 5.91 Å². The van der Waals surface area contributed by atoms with Crippen LogP contribution < -0.4 is 10.2 Å². The summed E-state index contributed by atoms with van der Waals surface area (Å²) in [5.41, 5.74) is 4.24. The summed E-state index contributed by atoms with van der Waals surface area (Å²) in [6.07, 6.45) is 0. The van der Waals surface area contributed by atoms with Gasteiger partial charge in [-0.25, -0.2) is 5.48 Å². The number of rotatable bonds is 2. The molecule has 22 heavy (non-hydrogen) atoms. The van der Waals surface area contributed by atoms with Gasteiger partial charge in [0.2, 0.25) is 0 Å². The van der Waals surface area contributed by atoms with Crippen molar-refractivity contribution in [2.75, 3.05) is 13.7 Å². The van der Waals surface area contributed by atoms with E-state index in [9.17, 15) is 4.79 Å². The SMILES string of the molecule is CN1Cc2ccc(C(=O)NO)cc2OCC1c1ccccc1. The van der Waals surface area contributed by atoms with E-state index in [-0.39, 0.29) is 6.04 Å². The fourth-order valence-corrected chi connectivity index (χ4v) is 2.73. The molecule has 1 amide bonds. The number of carbonyl (C=O) groups excluding carboxylic acids is 1. The zero-order valence-electron chi connectivity index (χ0n) is 12.3. The van der Waals surface area contributed by atoms with E-state index >= 15 is 0 Å². The van der Waals surface area contributed by atoms with Gasteiger partial charge in [-0.05, 0) is 24.7 Å². The third-order valence-corrected chi connectivity index (χ3v) is 3.96. The quantitative estimate of drug-likeness (QED) is 0.660. The van der Waals surface area contributed by atoms with Crippen LogP contribution in [0.2, 0.25) is 0 Å². The number of hydroxylamine groups is 1. The molecule has 5 nitrogen and oxygen atoms in total. The summed E-state index contributed by atoms with van der Waals surface area (Å²) in [6, 6.07) is 15.6. The molecule has 0 aromatic heterocycles. The number of amides is 1. The van der Waals surface area contributed by atoms with Gasteiger partial charge >= 0.3 is 0 Å². The molecular weight excluding hydrogens is 280 g/mol. The normalized spacial score (nSPS) is 18.0. The van der Waals surface area contributed by atoms with E-state index in [2.05, 4.69) is 24.1 Å². The number of fused-ring (bicyclic) bond motifs is 1. The summed E-state index contributed by atoms with van der Waals surface area (Å²) in [5.74, 6) is 0.148. The maximum Gasteiger partial charge on any atom is 0.274 e. The van der Waals surface area contributed by atoms with Crippen LogP contribution in [0.25, 0.3) is 0 Å². The van der Waals surface area contributed by atoms with Gasteiger partial charge in [0, 0.05) is 17.7 Å². The third kappa shape index (κ3) is 2.81. The highest BCUT2D eigenvalue weighted by Gasteiger charge is 2.24. The maximum absolute atomic E-state index is 11.5. The minimum absolute atomic E-state index is 0.156. The van der Waals surface area contributed by atoms with E-state index in [0.29, 0.717) is 17.9 Å². The standard InChI is InChI=1S/C17H18N2O3/c1-19-10-14-8-7-13(17(20)18-21)9-16(14)22-11-15(19)12-5-3-2-4-6-12/h2-9,15,21H,10-11H2,1H3,(H,18,20). The number of benzene rings is 2. The Morgan fingerprint density at radius 1 is 1.27 bits per heavy atom. The number of carbonyl (C=O) groups is 1. The van der Waals surface area contributed by atoms with Crippen LogP contribution >= 0.6 is 0 Å². The van der Waals surface area contributed by atoms with Gasteiger partial charge in [0.15, 0.2) is 0 Å². The van der Waals surface area contributed by atoms with Gasteiger partial charge in [-0.15, -0.1) is 0 Å². The fourth-order valence-electron chi connectivity index (χ4n) is 2.73. The van der Waals surface area contributed by atoms with Gasteiger partial charge in [0.05, 0.1) is 6.04 Å². The predicted molar refractivity (Wildman–Crippen MR) is 81.8 cm³/mol. The number of nitrogens with one attached hydrogen (secondary N) is 1. The molecule has 0 aliphatic carbocycles. The first-order valence-corrected chi connectivity index (χ1v) is 7.14. The number of nitrogens with zero attached hydrogens (tertiary/aromatic N) is 1. The van der Waals surface area contributed by atoms with Gasteiger partial charge < -0.3 is 4.74 Å². The molecule has 1 aliphatic rings. The van der Waals surface area contributed by atoms with E-state index in [0.717, 1.165) is 12.1 Å². The minimum atomic E-state index is -0.538. The second kappa shape index (κ2) is 6.17. The molecule has 2 aromatic carbocycles. The Kier molecular flexibility index (Phi) is 4.09. The Hall–Kier alpha value is -2.37. The van der Waals surface area contributed by atoms with Crippen molar-refractivity contribution in [3.05, 3.63) is 65.2 Å². The number of hydrogen-bond donors (Lipinski definition) is 2. The van der Waals surface area contributed by atoms with Gasteiger partial charge in [-0.2, -0.15) is 0 Å². The molecule has 1 heterocycles. The monoisotopic (exact) mass is 298 g/mol. The zero-order chi connectivity index (χ0) is 15.5.